The third-order valence-corrected chi connectivity index (χ3v) is 6.79. The predicted octanol–water partition coefficient (Wildman–Crippen LogP) is 3.42. The van der Waals surface area contributed by atoms with Gasteiger partial charge in [0.2, 0.25) is 5.91 Å². The van der Waals surface area contributed by atoms with Crippen LogP contribution in [0.5, 0.6) is 0 Å². The number of nitrogens with zero attached hydrogens (tertiary/aromatic N) is 6. The second-order valence-electron chi connectivity index (χ2n) is 9.18. The molecule has 0 atom stereocenters. The van der Waals surface area contributed by atoms with E-state index in [0.717, 1.165) is 80.7 Å². The normalized spacial score (nSPS) is 19.3. The van der Waals surface area contributed by atoms with Crippen LogP contribution >= 0.6 is 0 Å². The van der Waals surface area contributed by atoms with Gasteiger partial charge in [-0.05, 0) is 38.0 Å². The number of anilines is 1. The zero-order chi connectivity index (χ0) is 20.6. The van der Waals surface area contributed by atoms with Crippen LogP contribution in [0.15, 0.2) is 6.33 Å². The van der Waals surface area contributed by atoms with Crippen LogP contribution in [-0.4, -0.2) is 56.2 Å². The van der Waals surface area contributed by atoms with E-state index in [4.69, 9.17) is 10.1 Å². The Morgan fingerprint density at radius 2 is 1.93 bits per heavy atom. The first kappa shape index (κ1) is 20.1. The summed E-state index contributed by atoms with van der Waals surface area (Å²) in [4.78, 5) is 25.8. The Labute approximate surface area is 173 Å². The third kappa shape index (κ3) is 3.60. The predicted molar refractivity (Wildman–Crippen MR) is 115 cm³/mol. The Kier molecular flexibility index (Phi) is 5.49. The molecular formula is C22H34N6O. The molecule has 2 aliphatic rings. The lowest BCUT2D eigenvalue weighted by atomic mass is 9.85. The second-order valence-corrected chi connectivity index (χ2v) is 9.18. The molecule has 7 heteroatoms. The zero-order valence-corrected chi connectivity index (χ0v) is 18.3. The quantitative estimate of drug-likeness (QED) is 0.746. The summed E-state index contributed by atoms with van der Waals surface area (Å²) >= 11 is 0. The van der Waals surface area contributed by atoms with Crippen LogP contribution in [0, 0.1) is 5.92 Å². The van der Waals surface area contributed by atoms with E-state index >= 15 is 0 Å². The van der Waals surface area contributed by atoms with Gasteiger partial charge < -0.3 is 9.80 Å². The SMILES string of the molecule is CCCCn1nc(CC(C)C)c2c(N3CCC4(CCC(=O)N4C)CC3)ncnc21. The molecule has 0 saturated carbocycles. The molecular weight excluding hydrogens is 364 g/mol. The minimum atomic E-state index is 0.0474. The molecule has 2 aromatic heterocycles. The number of amides is 1. The molecule has 4 heterocycles. The molecule has 2 fully saturated rings. The largest absolute Gasteiger partial charge is 0.356 e. The van der Waals surface area contributed by atoms with Gasteiger partial charge in [0, 0.05) is 38.6 Å². The fraction of sp³-hybridized carbons (Fsp3) is 0.727. The molecule has 4 rings (SSSR count). The summed E-state index contributed by atoms with van der Waals surface area (Å²) in [6, 6.07) is 0. The molecule has 1 amide bonds. The number of fused-ring (bicyclic) bond motifs is 1. The summed E-state index contributed by atoms with van der Waals surface area (Å²) in [6.45, 7) is 9.42. The highest BCUT2D eigenvalue weighted by molar-refractivity contribution is 5.90. The Bertz CT molecular complexity index is 881. The smallest absolute Gasteiger partial charge is 0.222 e. The van der Waals surface area contributed by atoms with Gasteiger partial charge in [-0.3, -0.25) is 4.79 Å². The molecule has 0 radical (unpaired) electrons. The van der Waals surface area contributed by atoms with Crippen molar-refractivity contribution in [2.24, 2.45) is 5.92 Å². The molecule has 2 saturated heterocycles. The van der Waals surface area contributed by atoms with Gasteiger partial charge in [0.1, 0.15) is 12.1 Å². The molecule has 0 N–H and O–H groups in total. The molecule has 0 aliphatic carbocycles. The summed E-state index contributed by atoms with van der Waals surface area (Å²) in [6.07, 6.45) is 8.55. The van der Waals surface area contributed by atoms with Crippen LogP contribution in [0.1, 0.15) is 65.0 Å². The fourth-order valence-corrected chi connectivity index (χ4v) is 4.96. The van der Waals surface area contributed by atoms with Crippen molar-refractivity contribution in [2.75, 3.05) is 25.0 Å². The van der Waals surface area contributed by atoms with Crippen molar-refractivity contribution >= 4 is 22.8 Å². The van der Waals surface area contributed by atoms with E-state index < -0.39 is 0 Å². The van der Waals surface area contributed by atoms with E-state index in [0.29, 0.717) is 18.2 Å². The Morgan fingerprint density at radius 3 is 2.55 bits per heavy atom. The van der Waals surface area contributed by atoms with E-state index in [1.54, 1.807) is 6.33 Å². The molecule has 0 aromatic carbocycles. The van der Waals surface area contributed by atoms with Crippen LogP contribution in [0.4, 0.5) is 5.82 Å². The maximum atomic E-state index is 12.1. The highest BCUT2D eigenvalue weighted by Crippen LogP contribution is 2.40. The first-order valence-electron chi connectivity index (χ1n) is 11.2. The molecule has 0 unspecified atom stereocenters. The molecule has 158 valence electrons. The van der Waals surface area contributed by atoms with Gasteiger partial charge in [-0.2, -0.15) is 5.10 Å². The number of rotatable bonds is 6. The van der Waals surface area contributed by atoms with E-state index in [-0.39, 0.29) is 5.54 Å². The van der Waals surface area contributed by atoms with Crippen LogP contribution in [0.3, 0.4) is 0 Å². The topological polar surface area (TPSA) is 67.2 Å². The van der Waals surface area contributed by atoms with Crippen molar-refractivity contribution in [3.8, 4) is 0 Å². The molecule has 2 aromatic rings. The summed E-state index contributed by atoms with van der Waals surface area (Å²) in [5, 5.41) is 6.08. The van der Waals surface area contributed by atoms with Gasteiger partial charge in [-0.25, -0.2) is 14.6 Å². The number of aryl methyl sites for hydroxylation is 1. The number of likely N-dealkylation sites (tertiary alicyclic amines) is 1. The first-order valence-corrected chi connectivity index (χ1v) is 11.2. The van der Waals surface area contributed by atoms with Crippen molar-refractivity contribution in [1.82, 2.24) is 24.6 Å². The molecule has 1 spiro atoms. The highest BCUT2D eigenvalue weighted by Gasteiger charge is 2.45. The standard InChI is InChI=1S/C22H34N6O/c1-5-6-11-28-21-19(17(25-28)14-16(2)3)20(23-15-24-21)27-12-9-22(10-13-27)8-7-18(29)26(22)4/h15-16H,5-14H2,1-4H3. The minimum Gasteiger partial charge on any atom is -0.356 e. The van der Waals surface area contributed by atoms with Crippen LogP contribution in [0.2, 0.25) is 0 Å². The number of piperidine rings is 1. The average molecular weight is 399 g/mol. The lowest BCUT2D eigenvalue weighted by molar-refractivity contribution is -0.130. The fourth-order valence-electron chi connectivity index (χ4n) is 4.96. The molecule has 7 nitrogen and oxygen atoms in total. The number of carbonyl (C=O) groups excluding carboxylic acids is 1. The van der Waals surface area contributed by atoms with Crippen LogP contribution in [0.25, 0.3) is 11.0 Å². The average Bonchev–Trinajstić information content (AvgIpc) is 3.19. The minimum absolute atomic E-state index is 0.0474. The number of unbranched alkanes of at least 4 members (excludes halogenated alkanes) is 1. The van der Waals surface area contributed by atoms with Crippen LogP contribution < -0.4 is 4.90 Å². The lowest BCUT2D eigenvalue weighted by Crippen LogP contribution is -2.51. The van der Waals surface area contributed by atoms with Gasteiger partial charge in [0.05, 0.1) is 11.1 Å². The van der Waals surface area contributed by atoms with E-state index in [2.05, 4.69) is 35.3 Å². The number of carbonyl (C=O) groups is 1. The van der Waals surface area contributed by atoms with Gasteiger partial charge in [-0.15, -0.1) is 0 Å². The number of hydrogen-bond donors (Lipinski definition) is 0. The second kappa shape index (κ2) is 7.92. The third-order valence-electron chi connectivity index (χ3n) is 6.79. The summed E-state index contributed by atoms with van der Waals surface area (Å²) in [7, 11) is 1.98. The van der Waals surface area contributed by atoms with E-state index in [1.165, 1.54) is 0 Å². The van der Waals surface area contributed by atoms with Crippen molar-refractivity contribution in [3.63, 3.8) is 0 Å². The summed E-state index contributed by atoms with van der Waals surface area (Å²) < 4.78 is 2.08. The van der Waals surface area contributed by atoms with Gasteiger partial charge >= 0.3 is 0 Å². The Balaban J connectivity index is 1.65. The molecule has 29 heavy (non-hydrogen) atoms. The highest BCUT2D eigenvalue weighted by atomic mass is 16.2. The monoisotopic (exact) mass is 398 g/mol. The molecule has 2 aliphatic heterocycles. The zero-order valence-electron chi connectivity index (χ0n) is 18.3. The van der Waals surface area contributed by atoms with Crippen molar-refractivity contribution < 1.29 is 4.79 Å². The summed E-state index contributed by atoms with van der Waals surface area (Å²) in [5.41, 5.74) is 2.13. The van der Waals surface area contributed by atoms with E-state index in [9.17, 15) is 4.79 Å². The number of aromatic nitrogens is 4. The van der Waals surface area contributed by atoms with Crippen molar-refractivity contribution in [3.05, 3.63) is 12.0 Å². The lowest BCUT2D eigenvalue weighted by Gasteiger charge is -2.44. The van der Waals surface area contributed by atoms with Crippen molar-refractivity contribution in [2.45, 2.75) is 77.8 Å². The maximum Gasteiger partial charge on any atom is 0.222 e. The van der Waals surface area contributed by atoms with Gasteiger partial charge in [0.25, 0.3) is 0 Å². The first-order chi connectivity index (χ1) is 13.9. The van der Waals surface area contributed by atoms with Crippen LogP contribution in [-0.2, 0) is 17.8 Å². The van der Waals surface area contributed by atoms with Gasteiger partial charge in [-0.1, -0.05) is 27.2 Å². The number of hydrogen-bond acceptors (Lipinski definition) is 5. The molecule has 0 bridgehead atoms. The van der Waals surface area contributed by atoms with E-state index in [1.807, 2.05) is 11.9 Å². The Morgan fingerprint density at radius 1 is 1.17 bits per heavy atom. The van der Waals surface area contributed by atoms with Gasteiger partial charge in [0.15, 0.2) is 5.65 Å². The maximum absolute atomic E-state index is 12.1. The van der Waals surface area contributed by atoms with Crippen molar-refractivity contribution in [1.29, 1.82) is 0 Å². The summed E-state index contributed by atoms with van der Waals surface area (Å²) in [5.74, 6) is 1.85. The Hall–Kier alpha value is -2.18.